The minimum atomic E-state index is -0.0404. The maximum absolute atomic E-state index is 12.9. The van der Waals surface area contributed by atoms with Gasteiger partial charge in [0.15, 0.2) is 0 Å². The fourth-order valence-corrected chi connectivity index (χ4v) is 12.0. The Labute approximate surface area is 337 Å². The number of aliphatic imine (C=N–C) groups is 1. The predicted molar refractivity (Wildman–Crippen MR) is 230 cm³/mol. The number of carbonyl (C=O) groups is 1. The van der Waals surface area contributed by atoms with E-state index < -0.39 is 0 Å². The highest BCUT2D eigenvalue weighted by atomic mass is 16.5. The number of phenolic OH excluding ortho intramolecular Hbond substituents is 1. The zero-order chi connectivity index (χ0) is 39.3. The molecule has 0 bridgehead atoms. The second-order valence-corrected chi connectivity index (χ2v) is 19.5. The van der Waals surface area contributed by atoms with Crippen molar-refractivity contribution in [2.45, 2.75) is 195 Å². The largest absolute Gasteiger partial charge is 0.507 e. The average Bonchev–Trinajstić information content (AvgIpc) is 3.52. The van der Waals surface area contributed by atoms with Gasteiger partial charge in [-0.15, -0.1) is 0 Å². The third-order valence-electron chi connectivity index (χ3n) is 15.2. The number of benzene rings is 1. The number of nitrogens with zero attached hydrogens (tertiary/aromatic N) is 1. The number of ether oxygens (including phenoxy) is 2. The molecule has 0 unspecified atom stereocenters. The van der Waals surface area contributed by atoms with E-state index in [4.69, 9.17) is 9.47 Å². The molecule has 0 spiro atoms. The number of fused-ring (bicyclic) bond motifs is 5. The Morgan fingerprint density at radius 2 is 1.65 bits per heavy atom. The van der Waals surface area contributed by atoms with Crippen molar-refractivity contribution in [3.8, 4) is 11.5 Å². The first-order valence-corrected chi connectivity index (χ1v) is 23.4. The minimum Gasteiger partial charge on any atom is -0.507 e. The normalized spacial score (nSPS) is 29.4. The van der Waals surface area contributed by atoms with Crippen LogP contribution in [0.25, 0.3) is 0 Å². The molecule has 1 aromatic rings. The molecule has 3 fully saturated rings. The van der Waals surface area contributed by atoms with Crippen LogP contribution in [0.3, 0.4) is 0 Å². The summed E-state index contributed by atoms with van der Waals surface area (Å²) in [5.74, 6) is 5.92. The molecule has 0 aromatic heterocycles. The van der Waals surface area contributed by atoms with Crippen molar-refractivity contribution in [2.75, 3.05) is 13.2 Å². The smallest absolute Gasteiger partial charge is 0.306 e. The van der Waals surface area contributed by atoms with Gasteiger partial charge in [-0.25, -0.2) is 0 Å². The molecule has 0 aliphatic heterocycles. The van der Waals surface area contributed by atoms with Gasteiger partial charge in [0.25, 0.3) is 0 Å². The Balaban J connectivity index is 0.962. The molecule has 5 heteroatoms. The average molecular weight is 760 g/mol. The molecule has 5 nitrogen and oxygen atoms in total. The number of hydrogen-bond acceptors (Lipinski definition) is 5. The van der Waals surface area contributed by atoms with Crippen LogP contribution in [0.15, 0.2) is 34.8 Å². The SMILES string of the molecule is CCCCCCCCCCN=Cc1ccc(OCCCCCC(=O)O[C@H]2CC[C@@]3(C)C(=CC[C@H]4[C@@H]5CC[C@H]([C@H](C)CCCC(C)C)[C@@]5(C)CC[C@@H]43)C2)cc1O. The molecular formula is C50H81NO4. The number of phenols is 1. The molecule has 1 N–H and O–H groups in total. The van der Waals surface area contributed by atoms with Gasteiger partial charge in [-0.2, -0.15) is 0 Å². The Hall–Kier alpha value is -2.30. The first-order valence-electron chi connectivity index (χ1n) is 23.4. The van der Waals surface area contributed by atoms with Gasteiger partial charge >= 0.3 is 5.97 Å². The van der Waals surface area contributed by atoms with Crippen LogP contribution >= 0.6 is 0 Å². The van der Waals surface area contributed by atoms with Crippen molar-refractivity contribution in [3.63, 3.8) is 0 Å². The van der Waals surface area contributed by atoms with E-state index in [1.165, 1.54) is 96.3 Å². The van der Waals surface area contributed by atoms with Crippen LogP contribution in [0.1, 0.15) is 195 Å². The molecular weight excluding hydrogens is 679 g/mol. The molecule has 55 heavy (non-hydrogen) atoms. The van der Waals surface area contributed by atoms with Crippen molar-refractivity contribution >= 4 is 12.2 Å². The third-order valence-corrected chi connectivity index (χ3v) is 15.2. The van der Waals surface area contributed by atoms with Crippen LogP contribution in [0.4, 0.5) is 0 Å². The topological polar surface area (TPSA) is 68.1 Å². The monoisotopic (exact) mass is 760 g/mol. The second kappa shape index (κ2) is 21.5. The molecule has 0 radical (unpaired) electrons. The zero-order valence-electron chi connectivity index (χ0n) is 36.2. The molecule has 5 rings (SSSR count). The van der Waals surface area contributed by atoms with Crippen molar-refractivity contribution in [1.29, 1.82) is 0 Å². The number of carbonyl (C=O) groups excluding carboxylic acids is 1. The van der Waals surface area contributed by atoms with Gasteiger partial charge in [0.1, 0.15) is 17.6 Å². The zero-order valence-corrected chi connectivity index (χ0v) is 36.2. The van der Waals surface area contributed by atoms with Gasteiger partial charge in [0, 0.05) is 37.2 Å². The summed E-state index contributed by atoms with van der Waals surface area (Å²) in [6.45, 7) is 16.2. The number of allylic oxidation sites excluding steroid dienone is 1. The van der Waals surface area contributed by atoms with Crippen LogP contribution in [0.2, 0.25) is 0 Å². The number of hydrogen-bond donors (Lipinski definition) is 1. The third kappa shape index (κ3) is 11.9. The number of rotatable bonds is 23. The summed E-state index contributed by atoms with van der Waals surface area (Å²) in [7, 11) is 0. The van der Waals surface area contributed by atoms with Gasteiger partial charge in [-0.05, 0) is 129 Å². The lowest BCUT2D eigenvalue weighted by Crippen LogP contribution is -2.51. The minimum absolute atomic E-state index is 0.0360. The highest BCUT2D eigenvalue weighted by molar-refractivity contribution is 5.83. The molecule has 0 saturated heterocycles. The van der Waals surface area contributed by atoms with Crippen LogP contribution < -0.4 is 4.74 Å². The molecule has 8 atom stereocenters. The highest BCUT2D eigenvalue weighted by Crippen LogP contribution is 2.67. The molecule has 310 valence electrons. The van der Waals surface area contributed by atoms with Crippen LogP contribution in [-0.4, -0.2) is 36.5 Å². The van der Waals surface area contributed by atoms with Crippen molar-refractivity contribution < 1.29 is 19.4 Å². The first kappa shape index (κ1) is 43.8. The van der Waals surface area contributed by atoms with Gasteiger partial charge < -0.3 is 14.6 Å². The van der Waals surface area contributed by atoms with Crippen molar-refractivity contribution in [3.05, 3.63) is 35.4 Å². The number of esters is 1. The standard InChI is InChI=1S/C50H81NO4/c1-7-8-9-10-11-12-13-16-32-51-36-39-22-24-41(35-47(39)52)54-33-17-14-15-21-48(53)55-42-28-30-49(5)40(34-42)23-25-43-45-27-26-44(38(4)20-18-19-37(2)3)50(45,6)31-29-46(43)49/h22-24,35-38,42-46,52H,7-21,25-34H2,1-6H3/t38-,42+,43+,44-,45+,46+,49+,50-/m1/s1. The lowest BCUT2D eigenvalue weighted by molar-refractivity contribution is -0.151. The summed E-state index contributed by atoms with van der Waals surface area (Å²) in [6, 6.07) is 5.45. The van der Waals surface area contributed by atoms with Gasteiger partial charge in [0.05, 0.1) is 6.61 Å². The Morgan fingerprint density at radius 1 is 0.891 bits per heavy atom. The van der Waals surface area contributed by atoms with E-state index in [9.17, 15) is 9.90 Å². The fraction of sp³-hybridized carbons (Fsp3) is 0.800. The summed E-state index contributed by atoms with van der Waals surface area (Å²) in [6.07, 6.45) is 32.0. The van der Waals surface area contributed by atoms with Crippen molar-refractivity contribution in [2.24, 2.45) is 51.3 Å². The maximum atomic E-state index is 12.9. The first-order chi connectivity index (χ1) is 26.5. The second-order valence-electron chi connectivity index (χ2n) is 19.5. The molecule has 1 aromatic carbocycles. The fourth-order valence-electron chi connectivity index (χ4n) is 12.0. The van der Waals surface area contributed by atoms with E-state index >= 15 is 0 Å². The van der Waals surface area contributed by atoms with E-state index in [0.29, 0.717) is 24.2 Å². The molecule has 0 heterocycles. The van der Waals surface area contributed by atoms with E-state index in [2.05, 4.69) is 52.6 Å². The lowest BCUT2D eigenvalue weighted by atomic mass is 9.47. The van der Waals surface area contributed by atoms with E-state index in [1.807, 2.05) is 12.1 Å². The van der Waals surface area contributed by atoms with Crippen LogP contribution in [0, 0.1) is 46.3 Å². The van der Waals surface area contributed by atoms with Crippen molar-refractivity contribution in [1.82, 2.24) is 0 Å². The van der Waals surface area contributed by atoms with E-state index in [1.54, 1.807) is 17.9 Å². The summed E-state index contributed by atoms with van der Waals surface area (Å²) in [5.41, 5.74) is 3.13. The van der Waals surface area contributed by atoms with E-state index in [-0.39, 0.29) is 23.2 Å². The number of unbranched alkanes of at least 4 members (excludes halogenated alkanes) is 9. The lowest BCUT2D eigenvalue weighted by Gasteiger charge is -2.58. The van der Waals surface area contributed by atoms with Crippen LogP contribution in [0.5, 0.6) is 11.5 Å². The van der Waals surface area contributed by atoms with Crippen LogP contribution in [-0.2, 0) is 9.53 Å². The molecule has 3 saturated carbocycles. The van der Waals surface area contributed by atoms with E-state index in [0.717, 1.165) is 92.6 Å². The van der Waals surface area contributed by atoms with Gasteiger partial charge in [-0.1, -0.05) is 117 Å². The Bertz CT molecular complexity index is 1380. The maximum Gasteiger partial charge on any atom is 0.306 e. The summed E-state index contributed by atoms with van der Waals surface area (Å²) >= 11 is 0. The van der Waals surface area contributed by atoms with Gasteiger partial charge in [0.2, 0.25) is 0 Å². The molecule has 0 amide bonds. The molecule has 4 aliphatic rings. The van der Waals surface area contributed by atoms with Gasteiger partial charge in [-0.3, -0.25) is 9.79 Å². The Kier molecular flexibility index (Phi) is 17.1. The predicted octanol–water partition coefficient (Wildman–Crippen LogP) is 13.8. The quantitative estimate of drug-likeness (QED) is 0.0522. The Morgan fingerprint density at radius 3 is 2.42 bits per heavy atom. The summed E-state index contributed by atoms with van der Waals surface area (Å²) in [4.78, 5) is 17.4. The summed E-state index contributed by atoms with van der Waals surface area (Å²) < 4.78 is 12.0. The molecule has 4 aliphatic carbocycles. The highest BCUT2D eigenvalue weighted by Gasteiger charge is 2.59. The summed E-state index contributed by atoms with van der Waals surface area (Å²) in [5, 5.41) is 10.5. The number of aromatic hydroxyl groups is 1.